The smallest absolute Gasteiger partial charge is 0.244 e. The molecule has 0 amide bonds. The number of hydrogen-bond acceptors (Lipinski definition) is 5. The van der Waals surface area contributed by atoms with E-state index in [0.29, 0.717) is 11.5 Å². The molecule has 2 N–H and O–H groups in total. The predicted molar refractivity (Wildman–Crippen MR) is 65.6 cm³/mol. The summed E-state index contributed by atoms with van der Waals surface area (Å²) in [5.41, 5.74) is 0.667. The molecule has 3 aromatic heterocycles. The van der Waals surface area contributed by atoms with Crippen molar-refractivity contribution >= 4 is 15.7 Å². The fourth-order valence-electron chi connectivity index (χ4n) is 1.64. The number of nitrogens with zero attached hydrogens (tertiary/aromatic N) is 4. The van der Waals surface area contributed by atoms with Gasteiger partial charge in [-0.15, -0.1) is 10.2 Å². The van der Waals surface area contributed by atoms with Crippen LogP contribution in [0.5, 0.6) is 0 Å². The molecule has 0 aliphatic carbocycles. The molecule has 0 aliphatic heterocycles. The monoisotopic (exact) mass is 278 g/mol. The fourth-order valence-corrected chi connectivity index (χ4v) is 2.53. The van der Waals surface area contributed by atoms with Gasteiger partial charge >= 0.3 is 0 Å². The molecule has 3 heterocycles. The average Bonchev–Trinajstić information content (AvgIpc) is 3.07. The normalized spacial score (nSPS) is 12.0. The van der Waals surface area contributed by atoms with Crippen LogP contribution in [0.15, 0.2) is 41.7 Å². The molecule has 9 heteroatoms. The molecule has 0 radical (unpaired) electrons. The van der Waals surface area contributed by atoms with Crippen LogP contribution in [0.1, 0.15) is 5.82 Å². The van der Waals surface area contributed by atoms with Crippen molar-refractivity contribution in [3.8, 4) is 0 Å². The van der Waals surface area contributed by atoms with E-state index in [1.807, 2.05) is 12.1 Å². The van der Waals surface area contributed by atoms with Gasteiger partial charge < -0.3 is 0 Å². The van der Waals surface area contributed by atoms with Crippen molar-refractivity contribution in [2.24, 2.45) is 0 Å². The van der Waals surface area contributed by atoms with Crippen LogP contribution >= 0.6 is 0 Å². The summed E-state index contributed by atoms with van der Waals surface area (Å²) in [5, 5.41) is 13.9. The van der Waals surface area contributed by atoms with E-state index in [0.717, 1.165) is 0 Å². The lowest BCUT2D eigenvalue weighted by Gasteiger charge is -2.03. The van der Waals surface area contributed by atoms with E-state index in [4.69, 9.17) is 0 Å². The first-order chi connectivity index (χ1) is 9.17. The van der Waals surface area contributed by atoms with Gasteiger partial charge in [-0.05, 0) is 12.1 Å². The topological polar surface area (TPSA) is 105 Å². The third-order valence-electron chi connectivity index (χ3n) is 2.59. The maximum atomic E-state index is 11.9. The number of sulfonamides is 1. The fraction of sp³-hybridized carbons (Fsp3) is 0.100. The number of nitrogens with one attached hydrogen (secondary N) is 2. The molecule has 0 bridgehead atoms. The van der Waals surface area contributed by atoms with E-state index in [9.17, 15) is 8.42 Å². The Kier molecular flexibility index (Phi) is 2.76. The number of aromatic amines is 1. The summed E-state index contributed by atoms with van der Waals surface area (Å²) < 4.78 is 28.0. The van der Waals surface area contributed by atoms with E-state index < -0.39 is 10.0 Å². The SMILES string of the molecule is O=S(=O)(NCc1nnc2ccccn12)c1cn[nH]c1. The number of pyridine rings is 1. The second kappa shape index (κ2) is 4.44. The Morgan fingerprint density at radius 1 is 1.32 bits per heavy atom. The van der Waals surface area contributed by atoms with Crippen LogP contribution in [-0.2, 0) is 16.6 Å². The third-order valence-corrected chi connectivity index (χ3v) is 3.96. The first-order valence-corrected chi connectivity index (χ1v) is 6.92. The van der Waals surface area contributed by atoms with Gasteiger partial charge in [-0.1, -0.05) is 6.07 Å². The Morgan fingerprint density at radius 3 is 3.00 bits per heavy atom. The minimum atomic E-state index is -3.59. The highest BCUT2D eigenvalue weighted by molar-refractivity contribution is 7.89. The molecule has 0 saturated heterocycles. The quantitative estimate of drug-likeness (QED) is 0.695. The molecule has 0 unspecified atom stereocenters. The Morgan fingerprint density at radius 2 is 2.21 bits per heavy atom. The molecular weight excluding hydrogens is 268 g/mol. The van der Waals surface area contributed by atoms with E-state index in [-0.39, 0.29) is 11.4 Å². The van der Waals surface area contributed by atoms with E-state index in [1.165, 1.54) is 12.4 Å². The third kappa shape index (κ3) is 2.20. The van der Waals surface area contributed by atoms with Gasteiger partial charge in [0.2, 0.25) is 10.0 Å². The molecule has 8 nitrogen and oxygen atoms in total. The molecule has 0 atom stereocenters. The second-order valence-electron chi connectivity index (χ2n) is 3.80. The van der Waals surface area contributed by atoms with Crippen LogP contribution in [0.25, 0.3) is 5.65 Å². The number of hydrogen-bond donors (Lipinski definition) is 2. The van der Waals surface area contributed by atoms with Crippen LogP contribution < -0.4 is 4.72 Å². The Bertz CT molecular complexity index is 792. The van der Waals surface area contributed by atoms with E-state index in [2.05, 4.69) is 25.1 Å². The van der Waals surface area contributed by atoms with Crippen LogP contribution in [0, 0.1) is 0 Å². The molecule has 0 spiro atoms. The van der Waals surface area contributed by atoms with Crippen LogP contribution in [0.2, 0.25) is 0 Å². The minimum absolute atomic E-state index is 0.0543. The van der Waals surface area contributed by atoms with Gasteiger partial charge in [0.1, 0.15) is 4.90 Å². The zero-order chi connectivity index (χ0) is 13.3. The maximum Gasteiger partial charge on any atom is 0.244 e. The summed E-state index contributed by atoms with van der Waals surface area (Å²) in [6.45, 7) is 0.0543. The van der Waals surface area contributed by atoms with Crippen molar-refractivity contribution in [2.45, 2.75) is 11.4 Å². The molecule has 0 fully saturated rings. The average molecular weight is 278 g/mol. The number of aromatic nitrogens is 5. The Labute approximate surface area is 108 Å². The van der Waals surface area contributed by atoms with Gasteiger partial charge in [-0.3, -0.25) is 9.50 Å². The lowest BCUT2D eigenvalue weighted by molar-refractivity contribution is 0.579. The van der Waals surface area contributed by atoms with Crippen molar-refractivity contribution < 1.29 is 8.42 Å². The Hall–Kier alpha value is -2.26. The molecular formula is C10H10N6O2S. The van der Waals surface area contributed by atoms with Crippen LogP contribution in [0.3, 0.4) is 0 Å². The maximum absolute atomic E-state index is 11.9. The van der Waals surface area contributed by atoms with Gasteiger partial charge in [-0.25, -0.2) is 13.1 Å². The predicted octanol–water partition coefficient (Wildman–Crippen LogP) is -0.0691. The van der Waals surface area contributed by atoms with E-state index >= 15 is 0 Å². The van der Waals surface area contributed by atoms with Crippen LogP contribution in [-0.4, -0.2) is 33.2 Å². The second-order valence-corrected chi connectivity index (χ2v) is 5.57. The van der Waals surface area contributed by atoms with Crippen molar-refractivity contribution in [3.63, 3.8) is 0 Å². The lowest BCUT2D eigenvalue weighted by atomic mass is 10.5. The molecule has 3 rings (SSSR count). The first kappa shape index (κ1) is 11.8. The van der Waals surface area contributed by atoms with Crippen molar-refractivity contribution in [1.29, 1.82) is 0 Å². The van der Waals surface area contributed by atoms with Gasteiger partial charge in [-0.2, -0.15) is 5.10 Å². The standard InChI is InChI=1S/C10H10N6O2S/c17-19(18,8-5-11-12-6-8)13-7-10-15-14-9-3-1-2-4-16(9)10/h1-6,13H,7H2,(H,11,12). The molecule has 0 aromatic carbocycles. The number of H-pyrrole nitrogens is 1. The molecule has 19 heavy (non-hydrogen) atoms. The van der Waals surface area contributed by atoms with Crippen molar-refractivity contribution in [1.82, 2.24) is 29.5 Å². The summed E-state index contributed by atoms with van der Waals surface area (Å²) in [5.74, 6) is 0.516. The summed E-state index contributed by atoms with van der Waals surface area (Å²) in [4.78, 5) is 0.0846. The molecule has 0 aliphatic rings. The van der Waals surface area contributed by atoms with E-state index in [1.54, 1.807) is 16.7 Å². The lowest BCUT2D eigenvalue weighted by Crippen LogP contribution is -2.24. The summed E-state index contributed by atoms with van der Waals surface area (Å²) in [6, 6.07) is 5.45. The summed E-state index contributed by atoms with van der Waals surface area (Å²) in [6.07, 6.45) is 4.32. The number of rotatable bonds is 4. The minimum Gasteiger partial charge on any atom is -0.285 e. The molecule has 98 valence electrons. The first-order valence-electron chi connectivity index (χ1n) is 5.44. The zero-order valence-corrected chi connectivity index (χ0v) is 10.5. The van der Waals surface area contributed by atoms with Gasteiger partial charge in [0.25, 0.3) is 0 Å². The summed E-state index contributed by atoms with van der Waals surface area (Å²) in [7, 11) is -3.59. The zero-order valence-electron chi connectivity index (χ0n) is 9.68. The number of fused-ring (bicyclic) bond motifs is 1. The van der Waals surface area contributed by atoms with Crippen molar-refractivity contribution in [3.05, 3.63) is 42.6 Å². The van der Waals surface area contributed by atoms with Gasteiger partial charge in [0.05, 0.1) is 12.7 Å². The van der Waals surface area contributed by atoms with Gasteiger partial charge in [0.15, 0.2) is 11.5 Å². The Balaban J connectivity index is 1.83. The summed E-state index contributed by atoms with van der Waals surface area (Å²) >= 11 is 0. The molecule has 0 saturated carbocycles. The highest BCUT2D eigenvalue weighted by atomic mass is 32.2. The van der Waals surface area contributed by atoms with Gasteiger partial charge in [0, 0.05) is 12.4 Å². The highest BCUT2D eigenvalue weighted by Crippen LogP contribution is 2.07. The molecule has 3 aromatic rings. The van der Waals surface area contributed by atoms with Crippen LogP contribution in [0.4, 0.5) is 0 Å². The largest absolute Gasteiger partial charge is 0.285 e. The highest BCUT2D eigenvalue weighted by Gasteiger charge is 2.16. The van der Waals surface area contributed by atoms with Crippen molar-refractivity contribution in [2.75, 3.05) is 0 Å².